The minimum atomic E-state index is 0.389. The van der Waals surface area contributed by atoms with Crippen molar-refractivity contribution in [2.45, 2.75) is 6.54 Å². The summed E-state index contributed by atoms with van der Waals surface area (Å²) in [4.78, 5) is 17.8. The third-order valence-electron chi connectivity index (χ3n) is 5.68. The van der Waals surface area contributed by atoms with Crippen molar-refractivity contribution in [3.8, 4) is 17.2 Å². The molecule has 1 aliphatic rings. The van der Waals surface area contributed by atoms with E-state index in [-0.39, 0.29) is 0 Å². The Kier molecular flexibility index (Phi) is 7.61. The fourth-order valence-corrected chi connectivity index (χ4v) is 3.84. The number of nitrogens with one attached hydrogen (secondary N) is 2. The van der Waals surface area contributed by atoms with E-state index < -0.39 is 0 Å². The number of likely N-dealkylation sites (N-methyl/N-ethyl adjacent to an activating group) is 1. The fraction of sp³-hybridized carbons (Fsp3) is 0.375. The first-order valence-corrected chi connectivity index (χ1v) is 11.1. The van der Waals surface area contributed by atoms with E-state index in [9.17, 15) is 0 Å². The Morgan fingerprint density at radius 1 is 0.824 bits per heavy atom. The molecule has 2 heterocycles. The van der Waals surface area contributed by atoms with Crippen LogP contribution in [0, 0.1) is 0 Å². The summed E-state index contributed by atoms with van der Waals surface area (Å²) in [5.41, 5.74) is 2.87. The largest absolute Gasteiger partial charge is 0.493 e. The van der Waals surface area contributed by atoms with Crippen LogP contribution in [0.1, 0.15) is 5.56 Å². The zero-order valence-corrected chi connectivity index (χ0v) is 20.0. The van der Waals surface area contributed by atoms with Crippen molar-refractivity contribution in [3.05, 3.63) is 48.3 Å². The molecule has 0 bridgehead atoms. The van der Waals surface area contributed by atoms with Crippen LogP contribution in [-0.2, 0) is 6.54 Å². The van der Waals surface area contributed by atoms with Gasteiger partial charge in [0, 0.05) is 56.2 Å². The van der Waals surface area contributed by atoms with Crippen LogP contribution >= 0.6 is 0 Å². The zero-order chi connectivity index (χ0) is 23.9. The Balaban J connectivity index is 1.45. The molecule has 0 saturated carbocycles. The van der Waals surface area contributed by atoms with Gasteiger partial charge in [-0.15, -0.1) is 0 Å². The van der Waals surface area contributed by atoms with Crippen LogP contribution in [0.25, 0.3) is 0 Å². The molecule has 0 atom stereocenters. The average Bonchev–Trinajstić information content (AvgIpc) is 2.85. The van der Waals surface area contributed by atoms with Crippen LogP contribution in [0.4, 0.5) is 23.3 Å². The summed E-state index contributed by atoms with van der Waals surface area (Å²) >= 11 is 0. The van der Waals surface area contributed by atoms with Crippen molar-refractivity contribution < 1.29 is 14.2 Å². The predicted octanol–water partition coefficient (Wildman–Crippen LogP) is 3.13. The summed E-state index contributed by atoms with van der Waals surface area (Å²) in [6.45, 7) is 5.29. The normalized spacial score (nSPS) is 14.5. The second-order valence-electron chi connectivity index (χ2n) is 8.08. The van der Waals surface area contributed by atoms with Crippen molar-refractivity contribution in [2.24, 2.45) is 0 Å². The molecule has 4 rings (SSSR count). The first-order chi connectivity index (χ1) is 16.6. The highest BCUT2D eigenvalue weighted by Crippen LogP contribution is 2.40. The van der Waals surface area contributed by atoms with Crippen LogP contribution in [-0.4, -0.2) is 79.3 Å². The molecule has 0 unspecified atom stereocenters. The zero-order valence-electron chi connectivity index (χ0n) is 20.0. The van der Waals surface area contributed by atoms with Gasteiger partial charge in [-0.1, -0.05) is 12.1 Å². The maximum atomic E-state index is 5.41. The predicted molar refractivity (Wildman–Crippen MR) is 132 cm³/mol. The molecule has 10 heteroatoms. The van der Waals surface area contributed by atoms with Gasteiger partial charge in [0.05, 0.1) is 21.3 Å². The summed E-state index contributed by atoms with van der Waals surface area (Å²) in [6.07, 6.45) is 1.46. The number of piperazine rings is 1. The van der Waals surface area contributed by atoms with Gasteiger partial charge < -0.3 is 29.7 Å². The monoisotopic (exact) mass is 465 g/mol. The molecule has 0 spiro atoms. The Bertz CT molecular complexity index is 1080. The third kappa shape index (κ3) is 5.83. The molecule has 0 amide bonds. The second kappa shape index (κ2) is 11.0. The molecular weight excluding hydrogens is 434 g/mol. The van der Waals surface area contributed by atoms with E-state index in [0.29, 0.717) is 34.8 Å². The molecule has 180 valence electrons. The molecule has 2 N–H and O–H groups in total. The Morgan fingerprint density at radius 2 is 1.47 bits per heavy atom. The van der Waals surface area contributed by atoms with Crippen LogP contribution in [0.5, 0.6) is 17.2 Å². The van der Waals surface area contributed by atoms with E-state index in [0.717, 1.165) is 38.4 Å². The Morgan fingerprint density at radius 3 is 2.09 bits per heavy atom. The van der Waals surface area contributed by atoms with Gasteiger partial charge >= 0.3 is 0 Å². The highest BCUT2D eigenvalue weighted by molar-refractivity contribution is 5.66. The Hall–Kier alpha value is -3.63. The van der Waals surface area contributed by atoms with Gasteiger partial charge in [0.2, 0.25) is 17.6 Å². The molecule has 1 aromatic heterocycles. The minimum Gasteiger partial charge on any atom is -0.493 e. The summed E-state index contributed by atoms with van der Waals surface area (Å²) < 4.78 is 16.2. The summed E-state index contributed by atoms with van der Waals surface area (Å²) in [7, 11) is 6.88. The first-order valence-electron chi connectivity index (χ1n) is 11.1. The molecular formula is C24H31N7O3. The van der Waals surface area contributed by atoms with Gasteiger partial charge in [0.25, 0.3) is 0 Å². The number of benzene rings is 2. The number of anilines is 4. The van der Waals surface area contributed by atoms with E-state index in [4.69, 9.17) is 14.2 Å². The first kappa shape index (κ1) is 23.5. The van der Waals surface area contributed by atoms with Crippen molar-refractivity contribution in [3.63, 3.8) is 0 Å². The molecule has 34 heavy (non-hydrogen) atoms. The minimum absolute atomic E-state index is 0.389. The van der Waals surface area contributed by atoms with Gasteiger partial charge in [-0.3, -0.25) is 4.90 Å². The van der Waals surface area contributed by atoms with Gasteiger partial charge in [-0.25, -0.2) is 9.97 Å². The summed E-state index contributed by atoms with van der Waals surface area (Å²) in [5, 5.41) is 6.45. The molecule has 10 nitrogen and oxygen atoms in total. The number of aromatic nitrogens is 3. The van der Waals surface area contributed by atoms with Crippen molar-refractivity contribution in [1.82, 2.24) is 24.8 Å². The number of methoxy groups -OCH3 is 3. The smallest absolute Gasteiger partial charge is 0.232 e. The summed E-state index contributed by atoms with van der Waals surface area (Å²) in [5.74, 6) is 2.43. The quantitative estimate of drug-likeness (QED) is 0.491. The van der Waals surface area contributed by atoms with E-state index in [1.807, 2.05) is 12.1 Å². The second-order valence-corrected chi connectivity index (χ2v) is 8.08. The maximum Gasteiger partial charge on any atom is 0.232 e. The molecule has 1 aliphatic heterocycles. The number of rotatable bonds is 9. The van der Waals surface area contributed by atoms with Gasteiger partial charge in [0.1, 0.15) is 6.33 Å². The molecule has 2 aromatic carbocycles. The van der Waals surface area contributed by atoms with Crippen molar-refractivity contribution in [1.29, 1.82) is 0 Å². The highest BCUT2D eigenvalue weighted by Gasteiger charge is 2.15. The van der Waals surface area contributed by atoms with Crippen molar-refractivity contribution in [2.75, 3.05) is 65.2 Å². The maximum absolute atomic E-state index is 5.41. The third-order valence-corrected chi connectivity index (χ3v) is 5.68. The molecule has 1 fully saturated rings. The van der Waals surface area contributed by atoms with Crippen LogP contribution in [0.3, 0.4) is 0 Å². The molecule has 0 radical (unpaired) electrons. The molecule has 3 aromatic rings. The lowest BCUT2D eigenvalue weighted by Crippen LogP contribution is -2.43. The lowest BCUT2D eigenvalue weighted by Gasteiger charge is -2.32. The van der Waals surface area contributed by atoms with E-state index in [1.54, 1.807) is 33.5 Å². The highest BCUT2D eigenvalue weighted by atomic mass is 16.5. The van der Waals surface area contributed by atoms with Crippen LogP contribution < -0.4 is 24.8 Å². The fourth-order valence-electron chi connectivity index (χ4n) is 3.84. The summed E-state index contributed by atoms with van der Waals surface area (Å²) in [6, 6.07) is 11.9. The van der Waals surface area contributed by atoms with Gasteiger partial charge in [-0.2, -0.15) is 4.98 Å². The molecule has 0 aliphatic carbocycles. The van der Waals surface area contributed by atoms with Crippen LogP contribution in [0.15, 0.2) is 42.7 Å². The average molecular weight is 466 g/mol. The number of hydrogen-bond donors (Lipinski definition) is 2. The Labute approximate surface area is 199 Å². The van der Waals surface area contributed by atoms with E-state index in [1.165, 1.54) is 11.9 Å². The molecule has 1 saturated heterocycles. The van der Waals surface area contributed by atoms with E-state index in [2.05, 4.69) is 54.6 Å². The lowest BCUT2D eigenvalue weighted by atomic mass is 10.1. The number of ether oxygens (including phenoxy) is 3. The standard InChI is InChI=1S/C24H31N7O3/c1-30-8-10-31(11-9-30)15-17-6-5-7-18(12-17)27-23-25-16-26-24(29-23)28-19-13-20(32-2)22(34-4)21(14-19)33-3/h5-7,12-14,16H,8-11,15H2,1-4H3,(H2,25,26,27,28,29). The number of hydrogen-bond acceptors (Lipinski definition) is 10. The van der Waals surface area contributed by atoms with E-state index >= 15 is 0 Å². The van der Waals surface area contributed by atoms with Crippen molar-refractivity contribution >= 4 is 23.3 Å². The van der Waals surface area contributed by atoms with Gasteiger partial charge in [-0.05, 0) is 24.7 Å². The van der Waals surface area contributed by atoms with Gasteiger partial charge in [0.15, 0.2) is 11.5 Å². The number of nitrogens with zero attached hydrogens (tertiary/aromatic N) is 5. The van der Waals surface area contributed by atoms with Crippen LogP contribution in [0.2, 0.25) is 0 Å². The topological polar surface area (TPSA) is 96.9 Å². The lowest BCUT2D eigenvalue weighted by molar-refractivity contribution is 0.148. The SMILES string of the molecule is COc1cc(Nc2ncnc(Nc3cccc(CN4CCN(C)CC4)c3)n2)cc(OC)c1OC.